The number of aromatic nitrogens is 1. The number of piperazine rings is 1. The SMILES string of the molecule is Cc1cc(C(=O)CN2CCN(C(=O)Cc3ccc(Cl)cc3)CC2)c(C)n1C(C)(C)C. The Bertz CT molecular complexity index is 917. The van der Waals surface area contributed by atoms with Crippen molar-refractivity contribution in [1.29, 1.82) is 0 Å². The smallest absolute Gasteiger partial charge is 0.227 e. The second-order valence-electron chi connectivity index (χ2n) is 9.17. The minimum atomic E-state index is -0.0528. The van der Waals surface area contributed by atoms with Gasteiger partial charge in [0.05, 0.1) is 13.0 Å². The summed E-state index contributed by atoms with van der Waals surface area (Å²) in [5.41, 5.74) is 3.87. The van der Waals surface area contributed by atoms with Crippen LogP contribution >= 0.6 is 11.6 Å². The van der Waals surface area contributed by atoms with Gasteiger partial charge < -0.3 is 9.47 Å². The van der Waals surface area contributed by atoms with Gasteiger partial charge in [-0.15, -0.1) is 0 Å². The summed E-state index contributed by atoms with van der Waals surface area (Å²) in [6, 6.07) is 9.41. The first-order chi connectivity index (χ1) is 14.1. The van der Waals surface area contributed by atoms with Crippen molar-refractivity contribution >= 4 is 23.3 Å². The fraction of sp³-hybridized carbons (Fsp3) is 0.500. The van der Waals surface area contributed by atoms with Crippen LogP contribution in [0.1, 0.15) is 48.1 Å². The van der Waals surface area contributed by atoms with Gasteiger partial charge in [-0.25, -0.2) is 0 Å². The monoisotopic (exact) mass is 429 g/mol. The molecule has 0 radical (unpaired) electrons. The van der Waals surface area contributed by atoms with Gasteiger partial charge in [0.1, 0.15) is 0 Å². The number of carbonyl (C=O) groups is 2. The average molecular weight is 430 g/mol. The highest BCUT2D eigenvalue weighted by Gasteiger charge is 2.26. The molecule has 30 heavy (non-hydrogen) atoms. The number of aryl methyl sites for hydroxylation is 1. The van der Waals surface area contributed by atoms with Crippen LogP contribution in [0.2, 0.25) is 5.02 Å². The van der Waals surface area contributed by atoms with E-state index in [-0.39, 0.29) is 17.2 Å². The number of hydrogen-bond donors (Lipinski definition) is 0. The summed E-state index contributed by atoms with van der Waals surface area (Å²) in [6.45, 7) is 13.7. The zero-order chi connectivity index (χ0) is 22.1. The molecule has 0 saturated carbocycles. The molecule has 0 N–H and O–H groups in total. The molecule has 0 unspecified atom stereocenters. The lowest BCUT2D eigenvalue weighted by molar-refractivity contribution is -0.132. The van der Waals surface area contributed by atoms with Crippen LogP contribution in [0.4, 0.5) is 0 Å². The number of carbonyl (C=O) groups excluding carboxylic acids is 2. The molecule has 0 aliphatic carbocycles. The highest BCUT2D eigenvalue weighted by molar-refractivity contribution is 6.30. The molecule has 1 amide bonds. The third-order valence-electron chi connectivity index (χ3n) is 5.76. The highest BCUT2D eigenvalue weighted by Crippen LogP contribution is 2.25. The Kier molecular flexibility index (Phi) is 6.73. The van der Waals surface area contributed by atoms with Gasteiger partial charge in [0, 0.05) is 53.7 Å². The molecule has 1 aromatic carbocycles. The summed E-state index contributed by atoms with van der Waals surface area (Å²) in [5.74, 6) is 0.275. The summed E-state index contributed by atoms with van der Waals surface area (Å²) in [4.78, 5) is 29.6. The molecule has 0 atom stereocenters. The van der Waals surface area contributed by atoms with E-state index < -0.39 is 0 Å². The van der Waals surface area contributed by atoms with Crippen LogP contribution in [0.15, 0.2) is 30.3 Å². The Labute approximate surface area is 184 Å². The van der Waals surface area contributed by atoms with Crippen molar-refractivity contribution < 1.29 is 9.59 Å². The van der Waals surface area contributed by atoms with E-state index in [9.17, 15) is 9.59 Å². The Morgan fingerprint density at radius 1 is 1.00 bits per heavy atom. The lowest BCUT2D eigenvalue weighted by atomic mass is 10.1. The maximum absolute atomic E-state index is 13.0. The number of hydrogen-bond acceptors (Lipinski definition) is 3. The number of ketones is 1. The number of nitrogens with zero attached hydrogens (tertiary/aromatic N) is 3. The van der Waals surface area contributed by atoms with Crippen LogP contribution in [0, 0.1) is 13.8 Å². The number of Topliss-reactive ketones (excluding diaryl/α,β-unsaturated/α-hetero) is 1. The zero-order valence-electron chi connectivity index (χ0n) is 18.7. The topological polar surface area (TPSA) is 45.6 Å². The molecule has 2 aromatic rings. The van der Waals surface area contributed by atoms with Crippen LogP contribution in [0.3, 0.4) is 0 Å². The van der Waals surface area contributed by atoms with Crippen molar-refractivity contribution in [3.05, 3.63) is 57.9 Å². The zero-order valence-corrected chi connectivity index (χ0v) is 19.4. The molecular formula is C24H32ClN3O2. The van der Waals surface area contributed by atoms with Crippen molar-refractivity contribution in [3.8, 4) is 0 Å². The summed E-state index contributed by atoms with van der Waals surface area (Å²) < 4.78 is 2.23. The van der Waals surface area contributed by atoms with Gasteiger partial charge in [0.25, 0.3) is 0 Å². The van der Waals surface area contributed by atoms with Gasteiger partial charge in [0.15, 0.2) is 5.78 Å². The largest absolute Gasteiger partial charge is 0.343 e. The molecule has 1 fully saturated rings. The second kappa shape index (κ2) is 8.94. The fourth-order valence-electron chi connectivity index (χ4n) is 4.41. The summed E-state index contributed by atoms with van der Waals surface area (Å²) >= 11 is 5.91. The van der Waals surface area contributed by atoms with Gasteiger partial charge in [0.2, 0.25) is 5.91 Å². The van der Waals surface area contributed by atoms with E-state index in [0.29, 0.717) is 31.1 Å². The molecule has 3 rings (SSSR count). The van der Waals surface area contributed by atoms with E-state index in [4.69, 9.17) is 11.6 Å². The molecule has 0 spiro atoms. The van der Waals surface area contributed by atoms with Crippen molar-refractivity contribution in [3.63, 3.8) is 0 Å². The Morgan fingerprint density at radius 2 is 1.60 bits per heavy atom. The van der Waals surface area contributed by atoms with Crippen LogP contribution in [-0.4, -0.2) is 58.8 Å². The molecule has 1 aliphatic heterocycles. The van der Waals surface area contributed by atoms with Gasteiger partial charge >= 0.3 is 0 Å². The molecule has 0 bridgehead atoms. The Balaban J connectivity index is 1.55. The summed E-state index contributed by atoms with van der Waals surface area (Å²) in [5, 5.41) is 0.674. The van der Waals surface area contributed by atoms with E-state index in [1.165, 1.54) is 0 Å². The number of benzene rings is 1. The third-order valence-corrected chi connectivity index (χ3v) is 6.02. The van der Waals surface area contributed by atoms with E-state index in [2.05, 4.69) is 37.2 Å². The van der Waals surface area contributed by atoms with Crippen LogP contribution in [0.5, 0.6) is 0 Å². The summed E-state index contributed by atoms with van der Waals surface area (Å²) in [7, 11) is 0. The lowest BCUT2D eigenvalue weighted by Gasteiger charge is -2.34. The quantitative estimate of drug-likeness (QED) is 0.672. The standard InChI is InChI=1S/C24H32ClN3O2/c1-17-14-21(18(2)28(17)24(3,4)5)22(29)16-26-10-12-27(13-11-26)23(30)15-19-6-8-20(25)9-7-19/h6-9,14H,10-13,15-16H2,1-5H3. The van der Waals surface area contributed by atoms with Gasteiger partial charge in [-0.3, -0.25) is 14.5 Å². The third kappa shape index (κ3) is 5.13. The van der Waals surface area contributed by atoms with Gasteiger partial charge in [-0.2, -0.15) is 0 Å². The maximum atomic E-state index is 13.0. The van der Waals surface area contributed by atoms with E-state index >= 15 is 0 Å². The molecule has 5 nitrogen and oxygen atoms in total. The number of amides is 1. The Morgan fingerprint density at radius 3 is 2.13 bits per heavy atom. The first-order valence-electron chi connectivity index (χ1n) is 10.5. The predicted molar refractivity (Wildman–Crippen MR) is 121 cm³/mol. The van der Waals surface area contributed by atoms with Crippen molar-refractivity contribution in [2.75, 3.05) is 32.7 Å². The maximum Gasteiger partial charge on any atom is 0.227 e. The van der Waals surface area contributed by atoms with Crippen LogP contribution in [0.25, 0.3) is 0 Å². The first-order valence-corrected chi connectivity index (χ1v) is 10.9. The van der Waals surface area contributed by atoms with Crippen LogP contribution in [-0.2, 0) is 16.8 Å². The Hall–Kier alpha value is -2.11. The van der Waals surface area contributed by atoms with Crippen molar-refractivity contribution in [2.24, 2.45) is 0 Å². The van der Waals surface area contributed by atoms with Crippen molar-refractivity contribution in [2.45, 2.75) is 46.6 Å². The van der Waals surface area contributed by atoms with Crippen LogP contribution < -0.4 is 0 Å². The molecule has 1 saturated heterocycles. The summed E-state index contributed by atoms with van der Waals surface area (Å²) in [6.07, 6.45) is 0.384. The number of halogens is 1. The van der Waals surface area contributed by atoms with Gasteiger partial charge in [-0.05, 0) is 58.4 Å². The van der Waals surface area contributed by atoms with Gasteiger partial charge in [-0.1, -0.05) is 23.7 Å². The molecule has 6 heteroatoms. The second-order valence-corrected chi connectivity index (χ2v) is 9.61. The number of rotatable bonds is 5. The molecule has 2 heterocycles. The normalized spacial score (nSPS) is 15.5. The van der Waals surface area contributed by atoms with E-state index in [0.717, 1.165) is 35.6 Å². The molecule has 1 aliphatic rings. The molecule has 1 aromatic heterocycles. The van der Waals surface area contributed by atoms with Crippen molar-refractivity contribution in [1.82, 2.24) is 14.4 Å². The minimum absolute atomic E-state index is 0.0528. The van der Waals surface area contributed by atoms with E-state index in [1.807, 2.05) is 42.2 Å². The minimum Gasteiger partial charge on any atom is -0.343 e. The fourth-order valence-corrected chi connectivity index (χ4v) is 4.54. The first kappa shape index (κ1) is 22.6. The molecular weight excluding hydrogens is 398 g/mol. The van der Waals surface area contributed by atoms with E-state index in [1.54, 1.807) is 0 Å². The highest BCUT2D eigenvalue weighted by atomic mass is 35.5. The predicted octanol–water partition coefficient (Wildman–Crippen LogP) is 4.08. The molecule has 162 valence electrons. The lowest BCUT2D eigenvalue weighted by Crippen LogP contribution is -2.50. The average Bonchev–Trinajstić information content (AvgIpc) is 2.98.